The van der Waals surface area contributed by atoms with Crippen molar-refractivity contribution in [3.8, 4) is 0 Å². The number of anilines is 1. The van der Waals surface area contributed by atoms with Crippen LogP contribution in [-0.4, -0.2) is 26.9 Å². The van der Waals surface area contributed by atoms with Gasteiger partial charge in [-0.2, -0.15) is 0 Å². The zero-order chi connectivity index (χ0) is 9.03. The third-order valence-corrected chi connectivity index (χ3v) is 2.03. The maximum absolute atomic E-state index is 5.46. The molecule has 0 fully saturated rings. The summed E-state index contributed by atoms with van der Waals surface area (Å²) >= 11 is 1.25. The van der Waals surface area contributed by atoms with Crippen LogP contribution in [0.2, 0.25) is 0 Å². The van der Waals surface area contributed by atoms with E-state index in [0.29, 0.717) is 6.54 Å². The Morgan fingerprint density at radius 1 is 1.58 bits per heavy atom. The van der Waals surface area contributed by atoms with Crippen LogP contribution in [0, 0.1) is 0 Å². The molecule has 0 bridgehead atoms. The van der Waals surface area contributed by atoms with Crippen LogP contribution in [-0.2, 0) is 0 Å². The van der Waals surface area contributed by atoms with Crippen molar-refractivity contribution in [3.05, 3.63) is 0 Å². The Balaban J connectivity index is 2.50. The lowest BCUT2D eigenvalue weighted by molar-refractivity contribution is 0.525. The van der Waals surface area contributed by atoms with E-state index >= 15 is 0 Å². The molecule has 0 spiro atoms. The molecule has 0 saturated heterocycles. The molecule has 1 aromatic rings. The van der Waals surface area contributed by atoms with Crippen molar-refractivity contribution in [1.29, 1.82) is 0 Å². The third kappa shape index (κ3) is 2.71. The van der Waals surface area contributed by atoms with Gasteiger partial charge in [0, 0.05) is 17.1 Å². The number of nitrogens with zero attached hydrogens (tertiary/aromatic N) is 3. The molecule has 0 aliphatic heterocycles. The largest absolute Gasteiger partial charge is 0.354 e. The summed E-state index contributed by atoms with van der Waals surface area (Å²) in [6, 6.07) is 0. The van der Waals surface area contributed by atoms with E-state index in [0.717, 1.165) is 11.6 Å². The smallest absolute Gasteiger partial charge is 0.225 e. The molecule has 0 aliphatic rings. The lowest BCUT2D eigenvalue weighted by atomic mass is 10.0. The highest BCUT2D eigenvalue weighted by atomic mass is 32.1. The van der Waals surface area contributed by atoms with Gasteiger partial charge in [0.2, 0.25) is 5.13 Å². The van der Waals surface area contributed by atoms with Crippen molar-refractivity contribution >= 4 is 16.7 Å². The van der Waals surface area contributed by atoms with Crippen molar-refractivity contribution in [2.45, 2.75) is 25.8 Å². The summed E-state index contributed by atoms with van der Waals surface area (Å²) in [5.41, 5.74) is 5.42. The zero-order valence-corrected chi connectivity index (χ0v) is 8.06. The molecule has 68 valence electrons. The maximum Gasteiger partial charge on any atom is 0.225 e. The van der Waals surface area contributed by atoms with Crippen molar-refractivity contribution in [3.63, 3.8) is 0 Å². The Morgan fingerprint density at radius 2 is 2.33 bits per heavy atom. The second-order valence-corrected chi connectivity index (χ2v) is 3.95. The Bertz CT molecular complexity index is 220. The molecule has 0 amide bonds. The Labute approximate surface area is 75.5 Å². The fourth-order valence-electron chi connectivity index (χ4n) is 0.895. The van der Waals surface area contributed by atoms with Crippen molar-refractivity contribution in [1.82, 2.24) is 14.8 Å². The Morgan fingerprint density at radius 3 is 2.83 bits per heavy atom. The normalized spacial score (nSPS) is 11.6. The molecule has 0 atom stereocenters. The molecule has 1 aromatic heterocycles. The van der Waals surface area contributed by atoms with Crippen LogP contribution in [0.3, 0.4) is 0 Å². The van der Waals surface area contributed by atoms with E-state index in [1.807, 2.05) is 0 Å². The van der Waals surface area contributed by atoms with Crippen LogP contribution >= 0.6 is 11.5 Å². The van der Waals surface area contributed by atoms with E-state index in [2.05, 4.69) is 34.0 Å². The Hall–Kier alpha value is -0.750. The minimum atomic E-state index is -0.0318. The summed E-state index contributed by atoms with van der Waals surface area (Å²) < 4.78 is 3.65. The number of nitrogens with one attached hydrogen (secondary N) is 1. The lowest BCUT2D eigenvalue weighted by Crippen LogP contribution is -2.33. The molecule has 6 heteroatoms. The van der Waals surface area contributed by atoms with Crippen LogP contribution < -0.4 is 11.1 Å². The van der Waals surface area contributed by atoms with Crippen molar-refractivity contribution in [2.24, 2.45) is 5.73 Å². The molecule has 0 aliphatic carbocycles. The van der Waals surface area contributed by atoms with Gasteiger partial charge in [0.15, 0.2) is 0 Å². The third-order valence-electron chi connectivity index (χ3n) is 1.51. The van der Waals surface area contributed by atoms with Gasteiger partial charge in [-0.3, -0.25) is 0 Å². The molecule has 1 rings (SSSR count). The van der Waals surface area contributed by atoms with E-state index in [-0.39, 0.29) is 5.54 Å². The van der Waals surface area contributed by atoms with Crippen molar-refractivity contribution in [2.75, 3.05) is 11.9 Å². The van der Waals surface area contributed by atoms with Crippen LogP contribution in [0.25, 0.3) is 0 Å². The monoisotopic (exact) mass is 187 g/mol. The first-order valence-electron chi connectivity index (χ1n) is 3.77. The van der Waals surface area contributed by atoms with E-state index in [1.54, 1.807) is 0 Å². The van der Waals surface area contributed by atoms with Gasteiger partial charge in [0.1, 0.15) is 0 Å². The molecule has 12 heavy (non-hydrogen) atoms. The second-order valence-electron chi connectivity index (χ2n) is 3.22. The summed E-state index contributed by atoms with van der Waals surface area (Å²) in [4.78, 5) is 0. The van der Waals surface area contributed by atoms with E-state index < -0.39 is 0 Å². The standard InChI is InChI=1S/C6H13N5S/c1-6(2,3-4-7)8-5-9-10-11-12-5/h3-4,7H2,1-2H3,(H,8,9,11). The van der Waals surface area contributed by atoms with Gasteiger partial charge >= 0.3 is 0 Å². The fourth-order valence-corrected chi connectivity index (χ4v) is 1.44. The minimum Gasteiger partial charge on any atom is -0.354 e. The average Bonchev–Trinajstić information content (AvgIpc) is 2.38. The summed E-state index contributed by atoms with van der Waals surface area (Å²) in [6.07, 6.45) is 0.895. The minimum absolute atomic E-state index is 0.0318. The average molecular weight is 187 g/mol. The number of rotatable bonds is 4. The number of nitrogens with two attached hydrogens (primary N) is 1. The summed E-state index contributed by atoms with van der Waals surface area (Å²) in [5.74, 6) is 0. The first-order chi connectivity index (χ1) is 5.64. The molecular formula is C6H13N5S. The van der Waals surface area contributed by atoms with Gasteiger partial charge in [-0.05, 0) is 32.0 Å². The first-order valence-corrected chi connectivity index (χ1v) is 4.55. The highest BCUT2D eigenvalue weighted by molar-refractivity contribution is 7.09. The SMILES string of the molecule is CC(C)(CCN)Nc1nnns1. The number of hydrogen-bond acceptors (Lipinski definition) is 6. The molecule has 1 heterocycles. The molecular weight excluding hydrogens is 174 g/mol. The first kappa shape index (κ1) is 9.34. The van der Waals surface area contributed by atoms with Gasteiger partial charge in [0.25, 0.3) is 0 Å². The van der Waals surface area contributed by atoms with Crippen LogP contribution in [0.5, 0.6) is 0 Å². The topological polar surface area (TPSA) is 76.7 Å². The number of hydrogen-bond donors (Lipinski definition) is 2. The molecule has 0 radical (unpaired) electrons. The lowest BCUT2D eigenvalue weighted by Gasteiger charge is -2.24. The van der Waals surface area contributed by atoms with Gasteiger partial charge in [-0.25, -0.2) is 0 Å². The molecule has 5 nitrogen and oxygen atoms in total. The summed E-state index contributed by atoms with van der Waals surface area (Å²) in [7, 11) is 0. The van der Waals surface area contributed by atoms with Gasteiger partial charge < -0.3 is 11.1 Å². The molecule has 0 aromatic carbocycles. The maximum atomic E-state index is 5.46. The van der Waals surface area contributed by atoms with Gasteiger partial charge in [0.05, 0.1) is 0 Å². The van der Waals surface area contributed by atoms with E-state index in [1.165, 1.54) is 11.5 Å². The number of aromatic nitrogens is 3. The predicted octanol–water partition coefficient (Wildman–Crippen LogP) is 0.472. The second kappa shape index (κ2) is 3.77. The van der Waals surface area contributed by atoms with Crippen LogP contribution in [0.15, 0.2) is 0 Å². The Kier molecular flexibility index (Phi) is 2.93. The quantitative estimate of drug-likeness (QED) is 0.716. The molecule has 3 N–H and O–H groups in total. The zero-order valence-electron chi connectivity index (χ0n) is 7.24. The summed E-state index contributed by atoms with van der Waals surface area (Å²) in [5, 5.41) is 11.2. The highest BCUT2D eigenvalue weighted by Gasteiger charge is 2.17. The van der Waals surface area contributed by atoms with Crippen molar-refractivity contribution < 1.29 is 0 Å². The van der Waals surface area contributed by atoms with E-state index in [9.17, 15) is 0 Å². The van der Waals surface area contributed by atoms with Gasteiger partial charge in [-0.1, -0.05) is 9.59 Å². The summed E-state index contributed by atoms with van der Waals surface area (Å²) in [6.45, 7) is 4.80. The highest BCUT2D eigenvalue weighted by Crippen LogP contribution is 2.16. The molecule has 0 saturated carbocycles. The van der Waals surface area contributed by atoms with Crippen LogP contribution in [0.4, 0.5) is 5.13 Å². The van der Waals surface area contributed by atoms with Crippen LogP contribution in [0.1, 0.15) is 20.3 Å². The van der Waals surface area contributed by atoms with Gasteiger partial charge in [-0.15, -0.1) is 0 Å². The molecule has 0 unspecified atom stereocenters. The van der Waals surface area contributed by atoms with E-state index in [4.69, 9.17) is 5.73 Å². The fraction of sp³-hybridized carbons (Fsp3) is 0.833. The predicted molar refractivity (Wildman–Crippen MR) is 49.1 cm³/mol.